The number of benzene rings is 4. The minimum atomic E-state index is -3.42. The molecular formula is C36H29F2NO5. The zero-order chi connectivity index (χ0) is 30.9. The summed E-state index contributed by atoms with van der Waals surface area (Å²) < 4.78 is 37.1. The molecule has 1 N–H and O–H groups in total. The van der Waals surface area contributed by atoms with Gasteiger partial charge in [0.2, 0.25) is 5.91 Å². The molecule has 0 saturated heterocycles. The van der Waals surface area contributed by atoms with Crippen LogP contribution in [0, 0.1) is 11.3 Å². The molecule has 0 radical (unpaired) electrons. The normalized spacial score (nSPS) is 28.6. The highest BCUT2D eigenvalue weighted by Gasteiger charge is 2.81. The monoisotopic (exact) mass is 593 g/mol. The second-order valence-corrected chi connectivity index (χ2v) is 11.8. The van der Waals surface area contributed by atoms with Crippen molar-refractivity contribution < 1.29 is 33.0 Å². The molecule has 4 aromatic carbocycles. The third kappa shape index (κ3) is 3.40. The number of alkyl halides is 2. The number of rotatable bonds is 5. The number of anilines is 1. The van der Waals surface area contributed by atoms with Crippen molar-refractivity contribution in [3.63, 3.8) is 0 Å². The zero-order valence-corrected chi connectivity index (χ0v) is 23.8. The predicted octanol–water partition coefficient (Wildman–Crippen LogP) is 5.78. The maximum Gasteiger partial charge on any atom is 0.312 e. The Morgan fingerprint density at radius 2 is 1.48 bits per heavy atom. The molecule has 1 fully saturated rings. The number of Topliss-reactive ketones (excluding diaryl/α,β-unsaturated/α-hetero) is 1. The Balaban J connectivity index is 1.58. The van der Waals surface area contributed by atoms with Gasteiger partial charge in [-0.05, 0) is 34.7 Å². The number of carbonyl (C=O) groups excluding carboxylic acids is 3. The molecule has 222 valence electrons. The van der Waals surface area contributed by atoms with E-state index in [2.05, 4.69) is 0 Å². The third-order valence-corrected chi connectivity index (χ3v) is 10.0. The average molecular weight is 594 g/mol. The van der Waals surface area contributed by atoms with Gasteiger partial charge in [0, 0.05) is 17.2 Å². The van der Waals surface area contributed by atoms with Crippen molar-refractivity contribution in [3.8, 4) is 0 Å². The van der Waals surface area contributed by atoms with Gasteiger partial charge in [-0.15, -0.1) is 0 Å². The molecule has 0 aromatic heterocycles. The van der Waals surface area contributed by atoms with E-state index in [0.29, 0.717) is 16.8 Å². The van der Waals surface area contributed by atoms with Crippen molar-refractivity contribution >= 4 is 23.3 Å². The second-order valence-electron chi connectivity index (χ2n) is 11.8. The lowest BCUT2D eigenvalue weighted by Gasteiger charge is -2.57. The molecule has 1 aliphatic heterocycles. The van der Waals surface area contributed by atoms with Crippen LogP contribution in [0.4, 0.5) is 14.5 Å². The quantitative estimate of drug-likeness (QED) is 0.297. The highest BCUT2D eigenvalue weighted by atomic mass is 19.3. The van der Waals surface area contributed by atoms with Crippen molar-refractivity contribution in [1.82, 2.24) is 0 Å². The molecule has 2 aliphatic carbocycles. The fourth-order valence-electron chi connectivity index (χ4n) is 8.26. The molecule has 1 amide bonds. The van der Waals surface area contributed by atoms with Crippen LogP contribution in [0.25, 0.3) is 0 Å². The largest absolute Gasteiger partial charge is 0.469 e. The standard InChI is InChI=1S/C36H29F2NO5/c1-44-31(41)29-28(23-14-6-3-7-15-23)34(21-35(32(37)38)30(40)24-16-8-9-17-25(24)36(29,35)43)26-18-10-11-19-27(26)39(33(34)42)20-22-12-4-2-5-13-22/h2-19,28-29,32,43H,20-21H2,1H3/t28-,29+,34-,35+,36-/m0/s1. The number of nitrogens with zero attached hydrogens (tertiary/aromatic N) is 1. The summed E-state index contributed by atoms with van der Waals surface area (Å²) in [6.07, 6.45) is -4.13. The minimum absolute atomic E-state index is 0.0589. The van der Waals surface area contributed by atoms with E-state index in [-0.39, 0.29) is 17.7 Å². The van der Waals surface area contributed by atoms with Crippen LogP contribution < -0.4 is 4.90 Å². The van der Waals surface area contributed by atoms with Crippen LogP contribution >= 0.6 is 0 Å². The van der Waals surface area contributed by atoms with Crippen LogP contribution in [0.5, 0.6) is 0 Å². The average Bonchev–Trinajstić information content (AvgIpc) is 3.40. The number of aliphatic hydroxyl groups is 1. The number of carbonyl (C=O) groups is 3. The van der Waals surface area contributed by atoms with E-state index in [1.54, 1.807) is 65.6 Å². The van der Waals surface area contributed by atoms with Crippen LogP contribution in [-0.4, -0.2) is 36.3 Å². The maximum atomic E-state index is 15.9. The second kappa shape index (κ2) is 9.92. The maximum absolute atomic E-state index is 15.9. The molecule has 0 unspecified atom stereocenters. The molecule has 1 heterocycles. The van der Waals surface area contributed by atoms with Gasteiger partial charge in [0.25, 0.3) is 6.43 Å². The van der Waals surface area contributed by atoms with Gasteiger partial charge in [-0.3, -0.25) is 14.4 Å². The molecule has 0 bridgehead atoms. The Kier molecular flexibility index (Phi) is 6.34. The van der Waals surface area contributed by atoms with Crippen molar-refractivity contribution in [3.05, 3.63) is 137 Å². The van der Waals surface area contributed by atoms with E-state index in [1.165, 1.54) is 18.2 Å². The molecule has 8 heteroatoms. The van der Waals surface area contributed by atoms with E-state index >= 15 is 13.6 Å². The minimum Gasteiger partial charge on any atom is -0.469 e. The number of ketones is 1. The predicted molar refractivity (Wildman–Crippen MR) is 158 cm³/mol. The third-order valence-electron chi connectivity index (χ3n) is 10.0. The number of fused-ring (bicyclic) bond motifs is 5. The van der Waals surface area contributed by atoms with Crippen molar-refractivity contribution in [2.75, 3.05) is 12.0 Å². The molecule has 3 aliphatic rings. The summed E-state index contributed by atoms with van der Waals surface area (Å²) >= 11 is 0. The molecule has 44 heavy (non-hydrogen) atoms. The smallest absolute Gasteiger partial charge is 0.312 e. The lowest BCUT2D eigenvalue weighted by molar-refractivity contribution is -0.215. The van der Waals surface area contributed by atoms with Crippen LogP contribution in [0.1, 0.15) is 45.0 Å². The Labute approximate surface area is 252 Å². The zero-order valence-electron chi connectivity index (χ0n) is 23.8. The Morgan fingerprint density at radius 3 is 2.14 bits per heavy atom. The van der Waals surface area contributed by atoms with E-state index in [9.17, 15) is 14.7 Å². The number of methoxy groups -OCH3 is 1. The van der Waals surface area contributed by atoms with Gasteiger partial charge in [0.05, 0.1) is 25.0 Å². The van der Waals surface area contributed by atoms with E-state index in [1.807, 2.05) is 30.3 Å². The summed E-state index contributed by atoms with van der Waals surface area (Å²) in [4.78, 5) is 45.1. The SMILES string of the molecule is COC(=O)[C@H]1[C@H](c2ccccc2)[C@@]2(C[C@]3(C(F)F)C(=O)c4ccccc4[C@]13O)C(=O)N(Cc1ccccc1)c1ccccc12. The molecule has 7 rings (SSSR count). The van der Waals surface area contributed by atoms with E-state index < -0.39 is 58.8 Å². The van der Waals surface area contributed by atoms with Crippen molar-refractivity contribution in [2.45, 2.75) is 36.3 Å². The first-order chi connectivity index (χ1) is 21.2. The number of hydrogen-bond donors (Lipinski definition) is 1. The molecule has 4 aromatic rings. The number of hydrogen-bond acceptors (Lipinski definition) is 5. The van der Waals surface area contributed by atoms with Gasteiger partial charge in [-0.25, -0.2) is 8.78 Å². The highest BCUT2D eigenvalue weighted by Crippen LogP contribution is 2.72. The van der Waals surface area contributed by atoms with Gasteiger partial charge >= 0.3 is 5.97 Å². The Hall–Kier alpha value is -4.69. The number of halogens is 2. The van der Waals surface area contributed by atoms with Crippen LogP contribution in [0.15, 0.2) is 109 Å². The fourth-order valence-corrected chi connectivity index (χ4v) is 8.26. The van der Waals surface area contributed by atoms with Gasteiger partial charge in [-0.2, -0.15) is 0 Å². The molecular weight excluding hydrogens is 564 g/mol. The number of amides is 1. The van der Waals surface area contributed by atoms with Crippen LogP contribution in [-0.2, 0) is 31.9 Å². The van der Waals surface area contributed by atoms with Gasteiger partial charge < -0.3 is 14.7 Å². The molecule has 1 spiro atoms. The van der Waals surface area contributed by atoms with Crippen LogP contribution in [0.2, 0.25) is 0 Å². The lowest BCUT2D eigenvalue weighted by atomic mass is 9.44. The molecule has 5 atom stereocenters. The highest BCUT2D eigenvalue weighted by molar-refractivity contribution is 6.13. The number of esters is 1. The van der Waals surface area contributed by atoms with Gasteiger partial charge in [0.15, 0.2) is 5.78 Å². The summed E-state index contributed by atoms with van der Waals surface area (Å²) in [6, 6.07) is 30.8. The Morgan fingerprint density at radius 1 is 0.886 bits per heavy atom. The summed E-state index contributed by atoms with van der Waals surface area (Å²) in [5.41, 5.74) is -5.23. The number of para-hydroxylation sites is 1. The van der Waals surface area contributed by atoms with Crippen molar-refractivity contribution in [1.29, 1.82) is 0 Å². The lowest BCUT2D eigenvalue weighted by Crippen LogP contribution is -2.68. The topological polar surface area (TPSA) is 83.9 Å². The van der Waals surface area contributed by atoms with Crippen LogP contribution in [0.3, 0.4) is 0 Å². The first-order valence-corrected chi connectivity index (χ1v) is 14.5. The first-order valence-electron chi connectivity index (χ1n) is 14.5. The molecule has 1 saturated carbocycles. The number of ether oxygens (including phenoxy) is 1. The van der Waals surface area contributed by atoms with E-state index in [4.69, 9.17) is 4.74 Å². The molecule has 6 nitrogen and oxygen atoms in total. The Bertz CT molecular complexity index is 1800. The van der Waals surface area contributed by atoms with Gasteiger partial charge in [0.1, 0.15) is 11.0 Å². The van der Waals surface area contributed by atoms with E-state index in [0.717, 1.165) is 12.7 Å². The summed E-state index contributed by atoms with van der Waals surface area (Å²) in [5.74, 6) is -5.39. The van der Waals surface area contributed by atoms with Crippen molar-refractivity contribution in [2.24, 2.45) is 11.3 Å². The summed E-state index contributed by atoms with van der Waals surface area (Å²) in [7, 11) is 1.12. The fraction of sp³-hybridized carbons (Fsp3) is 0.250. The van der Waals surface area contributed by atoms with Gasteiger partial charge in [-0.1, -0.05) is 103 Å². The summed E-state index contributed by atoms with van der Waals surface area (Å²) in [5, 5.41) is 12.8. The first kappa shape index (κ1) is 28.1. The summed E-state index contributed by atoms with van der Waals surface area (Å²) in [6.45, 7) is 0.142.